The van der Waals surface area contributed by atoms with Crippen LogP contribution in [0, 0.1) is 11.8 Å². The second-order valence-corrected chi connectivity index (χ2v) is 8.84. The lowest BCUT2D eigenvalue weighted by Gasteiger charge is -2.37. The van der Waals surface area contributed by atoms with Gasteiger partial charge in [-0.25, -0.2) is 0 Å². The van der Waals surface area contributed by atoms with Gasteiger partial charge < -0.3 is 20.9 Å². The van der Waals surface area contributed by atoms with Gasteiger partial charge in [0.2, 0.25) is 0 Å². The quantitative estimate of drug-likeness (QED) is 0.698. The SMILES string of the molecule is COC(C)(C)C1CCC(N)CC1.COC(C)(C)C1CCC(N)CC1.Cl.Cl. The van der Waals surface area contributed by atoms with Gasteiger partial charge in [0.05, 0.1) is 11.2 Å². The molecule has 0 amide bonds. The van der Waals surface area contributed by atoms with Crippen LogP contribution in [0.1, 0.15) is 79.1 Å². The molecule has 6 heteroatoms. The molecule has 0 bridgehead atoms. The lowest BCUT2D eigenvalue weighted by molar-refractivity contribution is -0.0415. The molecular formula is C20H44Cl2N2O2. The van der Waals surface area contributed by atoms with Crippen molar-refractivity contribution in [3.63, 3.8) is 0 Å². The van der Waals surface area contributed by atoms with E-state index in [1.54, 1.807) is 14.2 Å². The van der Waals surface area contributed by atoms with Crippen LogP contribution in [0.3, 0.4) is 0 Å². The first-order chi connectivity index (χ1) is 11.1. The molecule has 2 aliphatic carbocycles. The van der Waals surface area contributed by atoms with Gasteiger partial charge in [-0.15, -0.1) is 24.8 Å². The number of hydrogen-bond donors (Lipinski definition) is 2. The summed E-state index contributed by atoms with van der Waals surface area (Å²) >= 11 is 0. The van der Waals surface area contributed by atoms with Crippen molar-refractivity contribution in [1.29, 1.82) is 0 Å². The van der Waals surface area contributed by atoms with Crippen LogP contribution >= 0.6 is 24.8 Å². The fourth-order valence-corrected chi connectivity index (χ4v) is 3.96. The topological polar surface area (TPSA) is 70.5 Å². The van der Waals surface area contributed by atoms with Gasteiger partial charge in [0, 0.05) is 26.3 Å². The first-order valence-corrected chi connectivity index (χ1v) is 9.73. The van der Waals surface area contributed by atoms with Crippen molar-refractivity contribution < 1.29 is 9.47 Å². The maximum Gasteiger partial charge on any atom is 0.0650 e. The van der Waals surface area contributed by atoms with E-state index in [2.05, 4.69) is 27.7 Å². The Kier molecular flexibility index (Phi) is 14.1. The molecule has 160 valence electrons. The first-order valence-electron chi connectivity index (χ1n) is 9.73. The van der Waals surface area contributed by atoms with Crippen LogP contribution in [0.15, 0.2) is 0 Å². The largest absolute Gasteiger partial charge is 0.379 e. The predicted molar refractivity (Wildman–Crippen MR) is 117 cm³/mol. The van der Waals surface area contributed by atoms with E-state index < -0.39 is 0 Å². The first kappa shape index (κ1) is 28.6. The highest BCUT2D eigenvalue weighted by Gasteiger charge is 2.32. The smallest absolute Gasteiger partial charge is 0.0650 e. The lowest BCUT2D eigenvalue weighted by Crippen LogP contribution is -2.38. The van der Waals surface area contributed by atoms with Crippen LogP contribution in [0.5, 0.6) is 0 Å². The van der Waals surface area contributed by atoms with Gasteiger partial charge in [-0.2, -0.15) is 0 Å². The molecule has 0 atom stereocenters. The third-order valence-corrected chi connectivity index (χ3v) is 6.56. The molecule has 0 aliphatic heterocycles. The Hall–Kier alpha value is 0.420. The van der Waals surface area contributed by atoms with Crippen molar-refractivity contribution in [2.24, 2.45) is 23.3 Å². The summed E-state index contributed by atoms with van der Waals surface area (Å²) in [4.78, 5) is 0. The maximum atomic E-state index is 5.84. The van der Waals surface area contributed by atoms with E-state index in [0.29, 0.717) is 23.9 Å². The van der Waals surface area contributed by atoms with Gasteiger partial charge in [0.1, 0.15) is 0 Å². The van der Waals surface area contributed by atoms with E-state index in [1.165, 1.54) is 25.7 Å². The monoisotopic (exact) mass is 414 g/mol. The summed E-state index contributed by atoms with van der Waals surface area (Å²) in [7, 11) is 3.60. The van der Waals surface area contributed by atoms with E-state index in [4.69, 9.17) is 20.9 Å². The Balaban J connectivity index is 0. The van der Waals surface area contributed by atoms with E-state index in [0.717, 1.165) is 25.7 Å². The summed E-state index contributed by atoms with van der Waals surface area (Å²) in [6.07, 6.45) is 9.55. The number of methoxy groups -OCH3 is 2. The van der Waals surface area contributed by atoms with E-state index in [9.17, 15) is 0 Å². The highest BCUT2D eigenvalue weighted by atomic mass is 35.5. The molecule has 2 fully saturated rings. The van der Waals surface area contributed by atoms with Crippen molar-refractivity contribution in [1.82, 2.24) is 0 Å². The van der Waals surface area contributed by atoms with Gasteiger partial charge >= 0.3 is 0 Å². The zero-order valence-corrected chi connectivity index (χ0v) is 19.4. The molecule has 4 nitrogen and oxygen atoms in total. The molecule has 0 spiro atoms. The molecule has 26 heavy (non-hydrogen) atoms. The number of halogens is 2. The van der Waals surface area contributed by atoms with Crippen molar-refractivity contribution in [3.8, 4) is 0 Å². The fraction of sp³-hybridized carbons (Fsp3) is 1.00. The normalized spacial score (nSPS) is 29.5. The van der Waals surface area contributed by atoms with Gasteiger partial charge in [0.25, 0.3) is 0 Å². The van der Waals surface area contributed by atoms with Crippen LogP contribution in [-0.4, -0.2) is 37.5 Å². The Labute approximate surface area is 174 Å². The molecule has 0 heterocycles. The Morgan fingerprint density at radius 3 is 1.00 bits per heavy atom. The summed E-state index contributed by atoms with van der Waals surface area (Å²) in [5.74, 6) is 1.39. The molecule has 0 aromatic heterocycles. The van der Waals surface area contributed by atoms with E-state index >= 15 is 0 Å². The van der Waals surface area contributed by atoms with Crippen LogP contribution in [0.25, 0.3) is 0 Å². The van der Waals surface area contributed by atoms with Crippen molar-refractivity contribution in [2.45, 2.75) is 102 Å². The van der Waals surface area contributed by atoms with Crippen molar-refractivity contribution >= 4 is 24.8 Å². The lowest BCUT2D eigenvalue weighted by atomic mass is 9.77. The minimum absolute atomic E-state index is 0. The number of hydrogen-bond acceptors (Lipinski definition) is 4. The minimum Gasteiger partial charge on any atom is -0.379 e. The van der Waals surface area contributed by atoms with E-state index in [1.807, 2.05) is 0 Å². The number of ether oxygens (including phenoxy) is 2. The number of nitrogens with two attached hydrogens (primary N) is 2. The van der Waals surface area contributed by atoms with Crippen LogP contribution in [-0.2, 0) is 9.47 Å². The van der Waals surface area contributed by atoms with Crippen LogP contribution in [0.4, 0.5) is 0 Å². The Morgan fingerprint density at radius 2 is 0.808 bits per heavy atom. The molecule has 0 aromatic carbocycles. The molecule has 2 aliphatic rings. The van der Waals surface area contributed by atoms with Gasteiger partial charge in [-0.3, -0.25) is 0 Å². The van der Waals surface area contributed by atoms with Gasteiger partial charge in [0.15, 0.2) is 0 Å². The van der Waals surface area contributed by atoms with Gasteiger partial charge in [-0.05, 0) is 90.9 Å². The second-order valence-electron chi connectivity index (χ2n) is 8.84. The zero-order chi connectivity index (χ0) is 18.4. The standard InChI is InChI=1S/2C10H21NO.2ClH/c2*1-10(2,12-3)8-4-6-9(11)7-5-8;;/h2*8-9H,4-7,11H2,1-3H3;2*1H. The number of rotatable bonds is 4. The molecule has 4 N–H and O–H groups in total. The van der Waals surface area contributed by atoms with Crippen LogP contribution in [0.2, 0.25) is 0 Å². The molecule has 2 saturated carbocycles. The van der Waals surface area contributed by atoms with Gasteiger partial charge in [-0.1, -0.05) is 0 Å². The molecular weight excluding hydrogens is 371 g/mol. The second kappa shape index (κ2) is 12.8. The summed E-state index contributed by atoms with van der Waals surface area (Å²) in [6.45, 7) is 8.70. The molecule has 2 rings (SSSR count). The summed E-state index contributed by atoms with van der Waals surface area (Å²) in [5.41, 5.74) is 11.8. The highest BCUT2D eigenvalue weighted by molar-refractivity contribution is 5.85. The van der Waals surface area contributed by atoms with Crippen LogP contribution < -0.4 is 11.5 Å². The molecule has 0 unspecified atom stereocenters. The summed E-state index contributed by atoms with van der Waals surface area (Å²) < 4.78 is 10.9. The van der Waals surface area contributed by atoms with Crippen molar-refractivity contribution in [3.05, 3.63) is 0 Å². The Morgan fingerprint density at radius 1 is 0.577 bits per heavy atom. The fourth-order valence-electron chi connectivity index (χ4n) is 3.96. The molecule has 0 aromatic rings. The highest BCUT2D eigenvalue weighted by Crippen LogP contribution is 2.34. The average Bonchev–Trinajstić information content (AvgIpc) is 2.56. The summed E-state index contributed by atoms with van der Waals surface area (Å²) in [5, 5.41) is 0. The molecule has 0 saturated heterocycles. The third-order valence-electron chi connectivity index (χ3n) is 6.56. The average molecular weight is 415 g/mol. The van der Waals surface area contributed by atoms with E-state index in [-0.39, 0.29) is 36.0 Å². The van der Waals surface area contributed by atoms with Crippen molar-refractivity contribution in [2.75, 3.05) is 14.2 Å². The Bertz CT molecular complexity index is 318. The minimum atomic E-state index is 0. The summed E-state index contributed by atoms with van der Waals surface area (Å²) in [6, 6.07) is 0.878. The third kappa shape index (κ3) is 9.07. The maximum absolute atomic E-state index is 5.84. The predicted octanol–water partition coefficient (Wildman–Crippen LogP) is 4.70. The molecule has 0 radical (unpaired) electrons. The zero-order valence-electron chi connectivity index (χ0n) is 17.8.